The standard InChI is InChI=1S/C13H17Br2NO3S/c1-3-4-6-19-7-5-16-20(17,18)13-9-11(14)10(2)8-12(13)15/h3,8-9,16H,1,4-7H2,2H3. The summed E-state index contributed by atoms with van der Waals surface area (Å²) in [7, 11) is -3.55. The van der Waals surface area contributed by atoms with Gasteiger partial charge >= 0.3 is 0 Å². The first-order valence-corrected chi connectivity index (χ1v) is 9.09. The minimum atomic E-state index is -3.55. The maximum Gasteiger partial charge on any atom is 0.241 e. The number of hydrogen-bond acceptors (Lipinski definition) is 3. The Morgan fingerprint density at radius 3 is 2.65 bits per heavy atom. The van der Waals surface area contributed by atoms with Gasteiger partial charge in [-0.1, -0.05) is 22.0 Å². The van der Waals surface area contributed by atoms with Crippen molar-refractivity contribution in [2.45, 2.75) is 18.2 Å². The van der Waals surface area contributed by atoms with E-state index in [1.54, 1.807) is 18.2 Å². The van der Waals surface area contributed by atoms with Crippen LogP contribution in [0.4, 0.5) is 0 Å². The Hall–Kier alpha value is -0.210. The van der Waals surface area contributed by atoms with E-state index in [0.717, 1.165) is 16.5 Å². The number of sulfonamides is 1. The van der Waals surface area contributed by atoms with Gasteiger partial charge in [-0.3, -0.25) is 0 Å². The zero-order valence-corrected chi connectivity index (χ0v) is 15.1. The van der Waals surface area contributed by atoms with E-state index in [1.807, 2.05) is 6.92 Å². The molecule has 0 aliphatic heterocycles. The van der Waals surface area contributed by atoms with Gasteiger partial charge in [-0.2, -0.15) is 0 Å². The van der Waals surface area contributed by atoms with Crippen LogP contribution in [0.1, 0.15) is 12.0 Å². The maximum atomic E-state index is 12.2. The average Bonchev–Trinajstić information content (AvgIpc) is 2.37. The molecule has 0 aromatic heterocycles. The van der Waals surface area contributed by atoms with Crippen molar-refractivity contribution in [1.29, 1.82) is 0 Å². The molecule has 112 valence electrons. The van der Waals surface area contributed by atoms with Crippen molar-refractivity contribution in [1.82, 2.24) is 4.72 Å². The summed E-state index contributed by atoms with van der Waals surface area (Å²) >= 11 is 6.61. The van der Waals surface area contributed by atoms with Gasteiger partial charge < -0.3 is 4.74 Å². The van der Waals surface area contributed by atoms with E-state index in [-0.39, 0.29) is 11.4 Å². The molecule has 0 fully saturated rings. The van der Waals surface area contributed by atoms with E-state index in [2.05, 4.69) is 43.2 Å². The molecule has 0 radical (unpaired) electrons. The van der Waals surface area contributed by atoms with E-state index in [0.29, 0.717) is 17.7 Å². The van der Waals surface area contributed by atoms with Crippen LogP contribution in [0.15, 0.2) is 38.6 Å². The van der Waals surface area contributed by atoms with Crippen molar-refractivity contribution in [3.63, 3.8) is 0 Å². The molecular formula is C13H17Br2NO3S. The summed E-state index contributed by atoms with van der Waals surface area (Å²) in [6.07, 6.45) is 2.51. The van der Waals surface area contributed by atoms with Crippen LogP contribution in [0.25, 0.3) is 0 Å². The van der Waals surface area contributed by atoms with Crippen LogP contribution >= 0.6 is 31.9 Å². The Morgan fingerprint density at radius 2 is 2.00 bits per heavy atom. The smallest absolute Gasteiger partial charge is 0.241 e. The second-order valence-electron chi connectivity index (χ2n) is 4.12. The summed E-state index contributed by atoms with van der Waals surface area (Å²) in [5.74, 6) is 0. The molecule has 1 rings (SSSR count). The highest BCUT2D eigenvalue weighted by Crippen LogP contribution is 2.28. The largest absolute Gasteiger partial charge is 0.380 e. The number of hydrogen-bond donors (Lipinski definition) is 1. The molecule has 7 heteroatoms. The van der Waals surface area contributed by atoms with E-state index < -0.39 is 10.0 Å². The fourth-order valence-corrected chi connectivity index (χ4v) is 4.12. The minimum Gasteiger partial charge on any atom is -0.380 e. The number of ether oxygens (including phenoxy) is 1. The third-order valence-corrected chi connectivity index (χ3v) is 5.78. The highest BCUT2D eigenvalue weighted by molar-refractivity contribution is 9.11. The molecule has 0 aliphatic carbocycles. The number of nitrogens with one attached hydrogen (secondary N) is 1. The molecule has 20 heavy (non-hydrogen) atoms. The molecule has 1 aromatic carbocycles. The van der Waals surface area contributed by atoms with Gasteiger partial charge in [0.05, 0.1) is 18.1 Å². The van der Waals surface area contributed by atoms with Gasteiger partial charge in [0.25, 0.3) is 0 Å². The first kappa shape index (κ1) is 17.8. The van der Waals surface area contributed by atoms with E-state index in [4.69, 9.17) is 4.74 Å². The van der Waals surface area contributed by atoms with Gasteiger partial charge in [0.2, 0.25) is 10.0 Å². The Morgan fingerprint density at radius 1 is 1.30 bits per heavy atom. The predicted molar refractivity (Wildman–Crippen MR) is 87.4 cm³/mol. The van der Waals surface area contributed by atoms with Crippen molar-refractivity contribution in [2.24, 2.45) is 0 Å². The Bertz CT molecular complexity index is 573. The number of aryl methyl sites for hydroxylation is 1. The minimum absolute atomic E-state index is 0.209. The summed E-state index contributed by atoms with van der Waals surface area (Å²) in [6.45, 7) is 6.59. The second-order valence-corrected chi connectivity index (χ2v) is 7.56. The highest BCUT2D eigenvalue weighted by Gasteiger charge is 2.18. The maximum absolute atomic E-state index is 12.2. The van der Waals surface area contributed by atoms with E-state index in [1.165, 1.54) is 0 Å². The summed E-state index contributed by atoms with van der Waals surface area (Å²) in [6, 6.07) is 3.35. The van der Waals surface area contributed by atoms with Crippen molar-refractivity contribution in [3.05, 3.63) is 39.3 Å². The third-order valence-electron chi connectivity index (χ3n) is 2.51. The molecule has 1 aromatic rings. The van der Waals surface area contributed by atoms with Crippen molar-refractivity contribution in [2.75, 3.05) is 19.8 Å². The fraction of sp³-hybridized carbons (Fsp3) is 0.385. The SMILES string of the molecule is C=CCCOCCNS(=O)(=O)c1cc(Br)c(C)cc1Br. The van der Waals surface area contributed by atoms with Crippen molar-refractivity contribution < 1.29 is 13.2 Å². The van der Waals surface area contributed by atoms with Crippen LogP contribution in [0, 0.1) is 6.92 Å². The molecule has 0 saturated carbocycles. The van der Waals surface area contributed by atoms with Gasteiger partial charge in [-0.15, -0.1) is 6.58 Å². The molecule has 0 unspecified atom stereocenters. The number of benzene rings is 1. The molecule has 0 bridgehead atoms. The summed E-state index contributed by atoms with van der Waals surface area (Å²) in [4.78, 5) is 0.209. The summed E-state index contributed by atoms with van der Waals surface area (Å²) < 4.78 is 33.4. The first-order valence-electron chi connectivity index (χ1n) is 6.02. The summed E-state index contributed by atoms with van der Waals surface area (Å²) in [5, 5.41) is 0. The predicted octanol–water partition coefficient (Wildman–Crippen LogP) is 3.39. The summed E-state index contributed by atoms with van der Waals surface area (Å²) in [5.41, 5.74) is 0.962. The zero-order chi connectivity index (χ0) is 15.2. The molecule has 1 N–H and O–H groups in total. The Labute approximate surface area is 136 Å². The number of rotatable bonds is 8. The molecule has 0 atom stereocenters. The topological polar surface area (TPSA) is 55.4 Å². The second kappa shape index (κ2) is 8.29. The Kier molecular flexibility index (Phi) is 7.39. The molecule has 0 amide bonds. The fourth-order valence-electron chi connectivity index (χ4n) is 1.43. The van der Waals surface area contributed by atoms with Gasteiger partial charge in [-0.25, -0.2) is 13.1 Å². The molecule has 4 nitrogen and oxygen atoms in total. The van der Waals surface area contributed by atoms with Gasteiger partial charge in [0.15, 0.2) is 0 Å². The van der Waals surface area contributed by atoms with Crippen molar-refractivity contribution >= 4 is 41.9 Å². The highest BCUT2D eigenvalue weighted by atomic mass is 79.9. The first-order chi connectivity index (χ1) is 9.38. The number of halogens is 2. The molecule has 0 aliphatic rings. The third kappa shape index (κ3) is 5.29. The Balaban J connectivity index is 2.65. The molecule has 0 heterocycles. The lowest BCUT2D eigenvalue weighted by atomic mass is 10.2. The normalized spacial score (nSPS) is 11.6. The lowest BCUT2D eigenvalue weighted by molar-refractivity contribution is 0.144. The molecule has 0 saturated heterocycles. The zero-order valence-electron chi connectivity index (χ0n) is 11.2. The van der Waals surface area contributed by atoms with Crippen LogP contribution in [0.5, 0.6) is 0 Å². The van der Waals surface area contributed by atoms with Crippen molar-refractivity contribution in [3.8, 4) is 0 Å². The van der Waals surface area contributed by atoms with Gasteiger partial charge in [0, 0.05) is 15.5 Å². The molecule has 0 spiro atoms. The molecular weight excluding hydrogens is 410 g/mol. The van der Waals surface area contributed by atoms with Crippen LogP contribution in [0.3, 0.4) is 0 Å². The van der Waals surface area contributed by atoms with E-state index >= 15 is 0 Å². The average molecular weight is 427 g/mol. The van der Waals surface area contributed by atoms with Crippen LogP contribution in [-0.4, -0.2) is 28.2 Å². The quantitative estimate of drug-likeness (QED) is 0.512. The van der Waals surface area contributed by atoms with Crippen LogP contribution < -0.4 is 4.72 Å². The lowest BCUT2D eigenvalue weighted by Gasteiger charge is -2.10. The van der Waals surface area contributed by atoms with Gasteiger partial charge in [-0.05, 0) is 47.0 Å². The van der Waals surface area contributed by atoms with E-state index in [9.17, 15) is 8.42 Å². The van der Waals surface area contributed by atoms with Crippen LogP contribution in [-0.2, 0) is 14.8 Å². The van der Waals surface area contributed by atoms with Crippen LogP contribution in [0.2, 0.25) is 0 Å². The monoisotopic (exact) mass is 425 g/mol. The lowest BCUT2D eigenvalue weighted by Crippen LogP contribution is -2.28. The van der Waals surface area contributed by atoms with Gasteiger partial charge in [0.1, 0.15) is 0 Å².